The number of carbonyl (C=O) groups is 1. The largest absolute Gasteiger partial charge is 0.377 e. The lowest BCUT2D eigenvalue weighted by molar-refractivity contribution is -0.127. The van der Waals surface area contributed by atoms with Gasteiger partial charge in [-0.05, 0) is 25.8 Å². The van der Waals surface area contributed by atoms with E-state index in [2.05, 4.69) is 0 Å². The van der Waals surface area contributed by atoms with Crippen LogP contribution in [0.25, 0.3) is 0 Å². The minimum atomic E-state index is -1.11. The summed E-state index contributed by atoms with van der Waals surface area (Å²) in [5.74, 6) is 0.506. The van der Waals surface area contributed by atoms with E-state index >= 15 is 0 Å². The maximum atomic E-state index is 11.7. The number of nitrogens with two attached hydrogens (primary N) is 1. The van der Waals surface area contributed by atoms with Crippen molar-refractivity contribution in [2.24, 2.45) is 5.73 Å². The first-order chi connectivity index (χ1) is 8.13. The second-order valence-corrected chi connectivity index (χ2v) is 5.85. The van der Waals surface area contributed by atoms with Gasteiger partial charge in [-0.2, -0.15) is 0 Å². The predicted octanol–water partition coefficient (Wildman–Crippen LogP) is -0.279. The van der Waals surface area contributed by atoms with Crippen molar-refractivity contribution in [3.63, 3.8) is 0 Å². The average molecular weight is 262 g/mol. The second kappa shape index (κ2) is 7.79. The van der Waals surface area contributed by atoms with Crippen LogP contribution in [0.2, 0.25) is 0 Å². The highest BCUT2D eigenvalue weighted by Crippen LogP contribution is 2.13. The van der Waals surface area contributed by atoms with Gasteiger partial charge in [-0.1, -0.05) is 0 Å². The van der Waals surface area contributed by atoms with Crippen LogP contribution in [0.3, 0.4) is 0 Å². The molecular formula is C11H22N2O3S. The third-order valence-electron chi connectivity index (χ3n) is 2.80. The van der Waals surface area contributed by atoms with E-state index in [1.807, 2.05) is 0 Å². The van der Waals surface area contributed by atoms with Crippen LogP contribution in [0, 0.1) is 0 Å². The molecule has 0 saturated carbocycles. The Morgan fingerprint density at radius 3 is 2.94 bits per heavy atom. The topological polar surface area (TPSA) is 72.6 Å². The number of rotatable bonds is 7. The summed E-state index contributed by atoms with van der Waals surface area (Å²) in [6.07, 6.45) is 2.86. The molecule has 1 aliphatic heterocycles. The van der Waals surface area contributed by atoms with Gasteiger partial charge in [0.15, 0.2) is 0 Å². The Kier molecular flexibility index (Phi) is 6.69. The molecule has 2 unspecified atom stereocenters. The van der Waals surface area contributed by atoms with E-state index in [0.29, 0.717) is 18.8 Å². The molecule has 1 saturated heterocycles. The fourth-order valence-corrected chi connectivity index (χ4v) is 3.03. The van der Waals surface area contributed by atoms with Crippen LogP contribution in [-0.4, -0.2) is 59.4 Å². The molecule has 100 valence electrons. The van der Waals surface area contributed by atoms with Gasteiger partial charge < -0.3 is 15.4 Å². The van der Waals surface area contributed by atoms with Gasteiger partial charge in [-0.15, -0.1) is 0 Å². The maximum Gasteiger partial charge on any atom is 0.234 e. The molecule has 1 fully saturated rings. The van der Waals surface area contributed by atoms with Crippen LogP contribution >= 0.6 is 0 Å². The number of hydrogen-bond donors (Lipinski definition) is 1. The van der Waals surface area contributed by atoms with Gasteiger partial charge in [0.2, 0.25) is 5.91 Å². The standard InChI is InChI=1S/C11H22N2O3S/c1-13(6-3-5-12)11(14)9-17(15)8-10-4-2-7-16-10/h10H,2-9,12H2,1H3. The molecule has 1 amide bonds. The van der Waals surface area contributed by atoms with Gasteiger partial charge >= 0.3 is 0 Å². The van der Waals surface area contributed by atoms with Gasteiger partial charge in [0.1, 0.15) is 5.75 Å². The number of amides is 1. The van der Waals surface area contributed by atoms with Crippen LogP contribution in [0.4, 0.5) is 0 Å². The first-order valence-corrected chi connectivity index (χ1v) is 7.53. The molecule has 5 nitrogen and oxygen atoms in total. The maximum absolute atomic E-state index is 11.7. The summed E-state index contributed by atoms with van der Waals surface area (Å²) in [4.78, 5) is 13.3. The van der Waals surface area contributed by atoms with Crippen molar-refractivity contribution < 1.29 is 13.7 Å². The van der Waals surface area contributed by atoms with Gasteiger partial charge in [0.25, 0.3) is 0 Å². The first-order valence-electron chi connectivity index (χ1n) is 6.04. The van der Waals surface area contributed by atoms with Crippen molar-refractivity contribution in [1.29, 1.82) is 0 Å². The molecule has 17 heavy (non-hydrogen) atoms. The van der Waals surface area contributed by atoms with Crippen molar-refractivity contribution in [3.05, 3.63) is 0 Å². The van der Waals surface area contributed by atoms with Crippen LogP contribution < -0.4 is 5.73 Å². The second-order valence-electron chi connectivity index (χ2n) is 4.34. The summed E-state index contributed by atoms with van der Waals surface area (Å²) in [5, 5.41) is 0. The van der Waals surface area contributed by atoms with Crippen molar-refractivity contribution in [1.82, 2.24) is 4.90 Å². The van der Waals surface area contributed by atoms with Gasteiger partial charge in [-0.3, -0.25) is 9.00 Å². The molecule has 0 aromatic rings. The Hall–Kier alpha value is -0.460. The summed E-state index contributed by atoms with van der Waals surface area (Å²) >= 11 is 0. The third-order valence-corrected chi connectivity index (χ3v) is 4.12. The van der Waals surface area contributed by atoms with Crippen molar-refractivity contribution in [3.8, 4) is 0 Å². The fourth-order valence-electron chi connectivity index (χ4n) is 1.74. The van der Waals surface area contributed by atoms with E-state index in [1.54, 1.807) is 11.9 Å². The highest BCUT2D eigenvalue weighted by molar-refractivity contribution is 7.85. The molecule has 1 aliphatic rings. The van der Waals surface area contributed by atoms with Crippen LogP contribution in [-0.2, 0) is 20.3 Å². The van der Waals surface area contributed by atoms with Crippen molar-refractivity contribution >= 4 is 16.7 Å². The lowest BCUT2D eigenvalue weighted by Crippen LogP contribution is -2.34. The van der Waals surface area contributed by atoms with Gasteiger partial charge in [-0.25, -0.2) is 0 Å². The zero-order chi connectivity index (χ0) is 12.7. The summed E-state index contributed by atoms with van der Waals surface area (Å²) in [6, 6.07) is 0. The van der Waals surface area contributed by atoms with E-state index in [4.69, 9.17) is 10.5 Å². The normalized spacial score (nSPS) is 21.4. The number of hydrogen-bond acceptors (Lipinski definition) is 4. The van der Waals surface area contributed by atoms with Crippen LogP contribution in [0.1, 0.15) is 19.3 Å². The molecule has 0 aromatic carbocycles. The average Bonchev–Trinajstić information content (AvgIpc) is 2.78. The first kappa shape index (κ1) is 14.6. The van der Waals surface area contributed by atoms with E-state index in [9.17, 15) is 9.00 Å². The smallest absolute Gasteiger partial charge is 0.234 e. The molecular weight excluding hydrogens is 240 g/mol. The Bertz CT molecular complexity index is 267. The molecule has 0 aliphatic carbocycles. The lowest BCUT2D eigenvalue weighted by atomic mass is 10.3. The minimum Gasteiger partial charge on any atom is -0.377 e. The van der Waals surface area contributed by atoms with Gasteiger partial charge in [0, 0.05) is 31.0 Å². The van der Waals surface area contributed by atoms with Crippen molar-refractivity contribution in [2.75, 3.05) is 38.2 Å². The van der Waals surface area contributed by atoms with E-state index in [-0.39, 0.29) is 17.8 Å². The minimum absolute atomic E-state index is 0.0743. The van der Waals surface area contributed by atoms with E-state index in [0.717, 1.165) is 25.9 Å². The summed E-state index contributed by atoms with van der Waals surface area (Å²) in [5.41, 5.74) is 5.37. The molecule has 1 rings (SSSR count). The Balaban J connectivity index is 2.22. The van der Waals surface area contributed by atoms with Gasteiger partial charge in [0.05, 0.1) is 11.9 Å². The highest BCUT2D eigenvalue weighted by atomic mass is 32.2. The highest BCUT2D eigenvalue weighted by Gasteiger charge is 2.20. The molecule has 0 bridgehead atoms. The summed E-state index contributed by atoms with van der Waals surface area (Å²) in [6.45, 7) is 1.95. The number of ether oxygens (including phenoxy) is 1. The monoisotopic (exact) mass is 262 g/mol. The zero-order valence-corrected chi connectivity index (χ0v) is 11.2. The molecule has 1 heterocycles. The number of nitrogens with zero attached hydrogens (tertiary/aromatic N) is 1. The quantitative estimate of drug-likeness (QED) is 0.685. The SMILES string of the molecule is CN(CCCN)C(=O)CS(=O)CC1CCCO1. The molecule has 0 aromatic heterocycles. The fraction of sp³-hybridized carbons (Fsp3) is 0.909. The van der Waals surface area contributed by atoms with Crippen molar-refractivity contribution in [2.45, 2.75) is 25.4 Å². The zero-order valence-electron chi connectivity index (χ0n) is 10.4. The number of carbonyl (C=O) groups excluding carboxylic acids is 1. The summed E-state index contributed by atoms with van der Waals surface area (Å²) < 4.78 is 17.1. The van der Waals surface area contributed by atoms with Crippen LogP contribution in [0.5, 0.6) is 0 Å². The molecule has 6 heteroatoms. The van der Waals surface area contributed by atoms with E-state index < -0.39 is 10.8 Å². The van der Waals surface area contributed by atoms with Crippen LogP contribution in [0.15, 0.2) is 0 Å². The molecule has 0 spiro atoms. The molecule has 2 atom stereocenters. The predicted molar refractivity (Wildman–Crippen MR) is 68.2 cm³/mol. The Morgan fingerprint density at radius 2 is 2.35 bits per heavy atom. The molecule has 2 N–H and O–H groups in total. The van der Waals surface area contributed by atoms with E-state index in [1.165, 1.54) is 0 Å². The third kappa shape index (κ3) is 5.61. The Morgan fingerprint density at radius 1 is 1.59 bits per heavy atom. The summed E-state index contributed by atoms with van der Waals surface area (Å²) in [7, 11) is 0.610. The Labute approximate surface area is 105 Å². The molecule has 0 radical (unpaired) electrons. The lowest BCUT2D eigenvalue weighted by Gasteiger charge is -2.17.